The minimum absolute atomic E-state index is 0.190. The lowest BCUT2D eigenvalue weighted by Gasteiger charge is -2.12. The quantitative estimate of drug-likeness (QED) is 0.299. The number of thioether (sulfide) groups is 1. The Morgan fingerprint density at radius 3 is 2.51 bits per heavy atom. The average Bonchev–Trinajstić information content (AvgIpc) is 3.29. The van der Waals surface area contributed by atoms with Crippen molar-refractivity contribution in [2.24, 2.45) is 7.05 Å². The lowest BCUT2D eigenvalue weighted by atomic mass is 10.2. The molecular formula is C26H24N6O3S2. The molecular weight excluding hydrogens is 508 g/mol. The van der Waals surface area contributed by atoms with Gasteiger partial charge in [0.2, 0.25) is 0 Å². The largest absolute Gasteiger partial charge is 0.369 e. The zero-order chi connectivity index (χ0) is 26.3. The van der Waals surface area contributed by atoms with Crippen LogP contribution in [0.5, 0.6) is 0 Å². The van der Waals surface area contributed by atoms with E-state index in [2.05, 4.69) is 10.3 Å². The molecule has 0 aliphatic carbocycles. The molecule has 4 aromatic rings. The maximum atomic E-state index is 13.6. The third-order valence-corrected chi connectivity index (χ3v) is 7.43. The normalized spacial score (nSPS) is 14.8. The number of hydrogen-bond acceptors (Lipinski definition) is 7. The van der Waals surface area contributed by atoms with E-state index < -0.39 is 5.91 Å². The molecule has 5 rings (SSSR count). The number of carbonyl (C=O) groups is 1. The predicted molar refractivity (Wildman–Crippen MR) is 152 cm³/mol. The Labute approximate surface area is 222 Å². The Hall–Kier alpha value is -3.96. The summed E-state index contributed by atoms with van der Waals surface area (Å²) < 4.78 is 4.85. The molecule has 0 saturated carbocycles. The van der Waals surface area contributed by atoms with Crippen LogP contribution < -0.4 is 21.3 Å². The van der Waals surface area contributed by atoms with Crippen LogP contribution in [0.2, 0.25) is 0 Å². The third-order valence-electron chi connectivity index (χ3n) is 6.13. The minimum atomic E-state index is -0.458. The summed E-state index contributed by atoms with van der Waals surface area (Å²) in [4.78, 5) is 46.6. The highest BCUT2D eigenvalue weighted by Crippen LogP contribution is 2.36. The van der Waals surface area contributed by atoms with E-state index in [9.17, 15) is 14.4 Å². The number of fused-ring (bicyclic) bond motifs is 1. The van der Waals surface area contributed by atoms with Crippen LogP contribution in [-0.2, 0) is 11.8 Å². The van der Waals surface area contributed by atoms with Gasteiger partial charge in [0.15, 0.2) is 4.32 Å². The van der Waals surface area contributed by atoms with Gasteiger partial charge < -0.3 is 5.32 Å². The molecule has 0 spiro atoms. The number of rotatable bonds is 6. The summed E-state index contributed by atoms with van der Waals surface area (Å²) >= 11 is 6.60. The van der Waals surface area contributed by atoms with Gasteiger partial charge in [-0.3, -0.25) is 28.4 Å². The van der Waals surface area contributed by atoms with Crippen molar-refractivity contribution in [3.63, 3.8) is 0 Å². The molecule has 9 nitrogen and oxygen atoms in total. The number of nitrogens with one attached hydrogen (secondary N) is 1. The first kappa shape index (κ1) is 24.7. The van der Waals surface area contributed by atoms with Crippen LogP contribution in [0, 0.1) is 6.92 Å². The molecule has 0 radical (unpaired) electrons. The van der Waals surface area contributed by atoms with E-state index in [0.29, 0.717) is 29.4 Å². The van der Waals surface area contributed by atoms with Crippen molar-refractivity contribution >= 4 is 57.4 Å². The minimum Gasteiger partial charge on any atom is -0.369 e. The van der Waals surface area contributed by atoms with Gasteiger partial charge in [-0.15, -0.1) is 0 Å². The van der Waals surface area contributed by atoms with Crippen molar-refractivity contribution in [3.8, 4) is 5.69 Å². The average molecular weight is 533 g/mol. The fourth-order valence-corrected chi connectivity index (χ4v) is 5.47. The Balaban J connectivity index is 1.61. The highest BCUT2D eigenvalue weighted by atomic mass is 32.2. The van der Waals surface area contributed by atoms with E-state index in [1.165, 1.54) is 20.1 Å². The summed E-state index contributed by atoms with van der Waals surface area (Å²) in [5.41, 5.74) is 1.53. The molecule has 1 aliphatic heterocycles. The van der Waals surface area contributed by atoms with Crippen LogP contribution in [0.3, 0.4) is 0 Å². The zero-order valence-corrected chi connectivity index (χ0v) is 22.1. The summed E-state index contributed by atoms with van der Waals surface area (Å²) in [5.74, 6) is -0.0642. The van der Waals surface area contributed by atoms with E-state index in [1.54, 1.807) is 43.0 Å². The summed E-state index contributed by atoms with van der Waals surface area (Å²) in [6, 6.07) is 14.5. The molecule has 3 aromatic heterocycles. The Bertz CT molecular complexity index is 1700. The van der Waals surface area contributed by atoms with Crippen LogP contribution in [0.15, 0.2) is 69.2 Å². The van der Waals surface area contributed by atoms with Crippen molar-refractivity contribution in [2.45, 2.75) is 20.3 Å². The topological polar surface area (TPSA) is 93.6 Å². The molecule has 0 bridgehead atoms. The molecule has 1 fully saturated rings. The van der Waals surface area contributed by atoms with Crippen LogP contribution in [0.25, 0.3) is 17.4 Å². The van der Waals surface area contributed by atoms with Gasteiger partial charge in [-0.2, -0.15) is 0 Å². The number of aromatic nitrogens is 4. The van der Waals surface area contributed by atoms with Gasteiger partial charge in [0.25, 0.3) is 17.0 Å². The monoisotopic (exact) mass is 532 g/mol. The molecule has 0 atom stereocenters. The van der Waals surface area contributed by atoms with E-state index in [1.807, 2.05) is 37.3 Å². The van der Waals surface area contributed by atoms with Gasteiger partial charge in [-0.25, -0.2) is 9.67 Å². The molecule has 1 amide bonds. The van der Waals surface area contributed by atoms with Crippen molar-refractivity contribution in [1.29, 1.82) is 0 Å². The fraction of sp³-hybridized carbons (Fsp3) is 0.192. The van der Waals surface area contributed by atoms with Gasteiger partial charge in [0, 0.05) is 19.8 Å². The standard InChI is InChI=1S/C26H24N6O3S2/c1-4-13-27-22-18(23(33)30-14-9-8-12-20(30)28-22)15-19-24(34)31(26(36)37-19)21-16(2)29(3)32(25(21)35)17-10-6-5-7-11-17/h5-12,14-15,27H,4,13H2,1-3H3. The fourth-order valence-electron chi connectivity index (χ4n) is 4.21. The first-order chi connectivity index (χ1) is 17.8. The Morgan fingerprint density at radius 1 is 1.05 bits per heavy atom. The van der Waals surface area contributed by atoms with Gasteiger partial charge >= 0.3 is 0 Å². The van der Waals surface area contributed by atoms with E-state index in [4.69, 9.17) is 12.2 Å². The number of anilines is 2. The maximum absolute atomic E-state index is 13.6. The van der Waals surface area contributed by atoms with Crippen LogP contribution in [-0.4, -0.2) is 35.5 Å². The van der Waals surface area contributed by atoms with Crippen LogP contribution >= 0.6 is 24.0 Å². The van der Waals surface area contributed by atoms with Crippen LogP contribution in [0.4, 0.5) is 11.5 Å². The number of nitrogens with zero attached hydrogens (tertiary/aromatic N) is 5. The second kappa shape index (κ2) is 9.83. The van der Waals surface area contributed by atoms with Gasteiger partial charge in [-0.05, 0) is 43.7 Å². The number of amides is 1. The van der Waals surface area contributed by atoms with Gasteiger partial charge in [0.05, 0.1) is 21.8 Å². The maximum Gasteiger partial charge on any atom is 0.296 e. The predicted octanol–water partition coefficient (Wildman–Crippen LogP) is 3.72. The third kappa shape index (κ3) is 4.19. The number of thiocarbonyl (C=S) groups is 1. The molecule has 11 heteroatoms. The van der Waals surface area contributed by atoms with E-state index in [0.717, 1.165) is 18.2 Å². The first-order valence-electron chi connectivity index (χ1n) is 11.7. The molecule has 1 N–H and O–H groups in total. The van der Waals surface area contributed by atoms with Crippen LogP contribution in [0.1, 0.15) is 24.6 Å². The Kier molecular flexibility index (Phi) is 6.57. The first-order valence-corrected chi connectivity index (χ1v) is 12.9. The summed E-state index contributed by atoms with van der Waals surface area (Å²) in [6.07, 6.45) is 3.98. The second-order valence-corrected chi connectivity index (χ2v) is 10.1. The van der Waals surface area contributed by atoms with Crippen molar-refractivity contribution < 1.29 is 4.79 Å². The SMILES string of the molecule is CCCNc1nc2ccccn2c(=O)c1C=C1SC(=S)N(c2c(C)n(C)n(-c3ccccc3)c2=O)C1=O. The van der Waals surface area contributed by atoms with Crippen molar-refractivity contribution in [3.05, 3.63) is 91.6 Å². The number of hydrogen-bond donors (Lipinski definition) is 1. The second-order valence-electron chi connectivity index (χ2n) is 8.46. The molecule has 188 valence electrons. The molecule has 1 saturated heterocycles. The molecule has 0 unspecified atom stereocenters. The van der Waals surface area contributed by atoms with Crippen molar-refractivity contribution in [2.75, 3.05) is 16.8 Å². The zero-order valence-electron chi connectivity index (χ0n) is 20.5. The highest BCUT2D eigenvalue weighted by molar-refractivity contribution is 8.27. The van der Waals surface area contributed by atoms with Gasteiger partial charge in [0.1, 0.15) is 17.2 Å². The number of benzene rings is 1. The molecule has 37 heavy (non-hydrogen) atoms. The summed E-state index contributed by atoms with van der Waals surface area (Å²) in [7, 11) is 1.76. The highest BCUT2D eigenvalue weighted by Gasteiger charge is 2.38. The number of carbonyl (C=O) groups excluding carboxylic acids is 1. The lowest BCUT2D eigenvalue weighted by Crippen LogP contribution is -2.33. The molecule has 4 heterocycles. The van der Waals surface area contributed by atoms with E-state index in [-0.39, 0.29) is 31.6 Å². The van der Waals surface area contributed by atoms with Crippen molar-refractivity contribution in [1.82, 2.24) is 18.7 Å². The lowest BCUT2D eigenvalue weighted by molar-refractivity contribution is -0.113. The summed E-state index contributed by atoms with van der Waals surface area (Å²) in [6.45, 7) is 4.39. The van der Waals surface area contributed by atoms with Gasteiger partial charge in [-0.1, -0.05) is 55.2 Å². The summed E-state index contributed by atoms with van der Waals surface area (Å²) in [5, 5.41) is 3.19. The smallest absolute Gasteiger partial charge is 0.296 e. The van der Waals surface area contributed by atoms with E-state index >= 15 is 0 Å². The number of pyridine rings is 1. The Morgan fingerprint density at radius 2 is 1.78 bits per heavy atom. The molecule has 1 aliphatic rings. The number of para-hydroxylation sites is 1. The molecule has 1 aromatic carbocycles.